The first kappa shape index (κ1) is 18.5. The number of hydrogen-bond acceptors (Lipinski definition) is 3. The molecule has 5 heteroatoms. The van der Waals surface area contributed by atoms with Gasteiger partial charge >= 0.3 is 0 Å². The lowest BCUT2D eigenvalue weighted by molar-refractivity contribution is 0.0939. The van der Waals surface area contributed by atoms with Crippen LogP contribution in [0.4, 0.5) is 5.69 Å². The van der Waals surface area contributed by atoms with Crippen LogP contribution in [-0.2, 0) is 0 Å². The number of benzene rings is 2. The topological polar surface area (TPSA) is 35.6 Å². The first-order chi connectivity index (χ1) is 12.9. The Balaban J connectivity index is 1.52. The molecule has 0 unspecified atom stereocenters. The number of rotatable bonds is 4. The monoisotopic (exact) mass is 427 g/mol. The summed E-state index contributed by atoms with van der Waals surface area (Å²) in [6.07, 6.45) is 1.23. The summed E-state index contributed by atoms with van der Waals surface area (Å²) >= 11 is 3.50. The summed E-state index contributed by atoms with van der Waals surface area (Å²) in [7, 11) is 2.21. The Labute approximate surface area is 169 Å². The minimum absolute atomic E-state index is 0.0108. The molecule has 2 heterocycles. The molecule has 2 aliphatic heterocycles. The van der Waals surface area contributed by atoms with Crippen LogP contribution < -0.4 is 10.2 Å². The van der Waals surface area contributed by atoms with Crippen LogP contribution >= 0.6 is 15.9 Å². The maximum Gasteiger partial charge on any atom is 0.252 e. The first-order valence-electron chi connectivity index (χ1n) is 9.56. The third kappa shape index (κ3) is 3.63. The van der Waals surface area contributed by atoms with Gasteiger partial charge in [0.15, 0.2) is 0 Å². The third-order valence-corrected chi connectivity index (χ3v) is 6.50. The number of carbonyl (C=O) groups is 1. The Morgan fingerprint density at radius 3 is 2.67 bits per heavy atom. The number of likely N-dealkylation sites (tertiary alicyclic amines) is 1. The van der Waals surface area contributed by atoms with Crippen molar-refractivity contribution in [3.63, 3.8) is 0 Å². The second-order valence-electron chi connectivity index (χ2n) is 7.88. The molecule has 0 aromatic heterocycles. The van der Waals surface area contributed by atoms with Crippen molar-refractivity contribution in [2.45, 2.75) is 38.4 Å². The quantitative estimate of drug-likeness (QED) is 0.795. The Morgan fingerprint density at radius 2 is 2.00 bits per heavy atom. The highest BCUT2D eigenvalue weighted by atomic mass is 79.9. The predicted octanol–water partition coefficient (Wildman–Crippen LogP) is 4.14. The maximum absolute atomic E-state index is 13.0. The zero-order chi connectivity index (χ0) is 19.1. The van der Waals surface area contributed by atoms with Gasteiger partial charge in [0.05, 0.1) is 6.04 Å². The van der Waals surface area contributed by atoms with Gasteiger partial charge in [0.2, 0.25) is 0 Å². The predicted molar refractivity (Wildman–Crippen MR) is 113 cm³/mol. The van der Waals surface area contributed by atoms with E-state index in [-0.39, 0.29) is 11.9 Å². The van der Waals surface area contributed by atoms with Crippen molar-refractivity contribution in [3.05, 3.63) is 63.6 Å². The van der Waals surface area contributed by atoms with E-state index in [1.165, 1.54) is 12.1 Å². The van der Waals surface area contributed by atoms with Crippen molar-refractivity contribution >= 4 is 27.5 Å². The van der Waals surface area contributed by atoms with Gasteiger partial charge in [-0.3, -0.25) is 9.69 Å². The Morgan fingerprint density at radius 1 is 1.19 bits per heavy atom. The molecule has 0 radical (unpaired) electrons. The molecule has 27 heavy (non-hydrogen) atoms. The zero-order valence-corrected chi connectivity index (χ0v) is 17.7. The van der Waals surface area contributed by atoms with Crippen LogP contribution in [0.3, 0.4) is 0 Å². The molecule has 4 rings (SSSR count). The molecule has 2 aromatic carbocycles. The number of fused-ring (bicyclic) bond motifs is 2. The van der Waals surface area contributed by atoms with E-state index in [1.54, 1.807) is 0 Å². The van der Waals surface area contributed by atoms with Gasteiger partial charge in [-0.2, -0.15) is 0 Å². The zero-order valence-electron chi connectivity index (χ0n) is 16.1. The van der Waals surface area contributed by atoms with Crippen LogP contribution in [-0.4, -0.2) is 43.0 Å². The van der Waals surface area contributed by atoms with E-state index in [2.05, 4.69) is 56.3 Å². The highest BCUT2D eigenvalue weighted by Crippen LogP contribution is 2.34. The van der Waals surface area contributed by atoms with E-state index >= 15 is 0 Å². The lowest BCUT2D eigenvalue weighted by Gasteiger charge is -2.34. The molecular formula is C22H26BrN3O. The molecule has 1 N–H and O–H groups in total. The number of piperazine rings is 1. The second kappa shape index (κ2) is 7.28. The fourth-order valence-electron chi connectivity index (χ4n) is 4.35. The molecule has 2 aliphatic rings. The number of aryl methyl sites for hydroxylation is 1. The molecule has 1 amide bonds. The van der Waals surface area contributed by atoms with E-state index in [0.717, 1.165) is 34.3 Å². The second-order valence-corrected chi connectivity index (χ2v) is 8.80. The molecule has 2 bridgehead atoms. The van der Waals surface area contributed by atoms with E-state index in [0.29, 0.717) is 12.1 Å². The minimum atomic E-state index is -0.0468. The Kier molecular flexibility index (Phi) is 4.99. The van der Waals surface area contributed by atoms with Crippen LogP contribution in [0.25, 0.3) is 0 Å². The molecule has 0 spiro atoms. The molecule has 4 nitrogen and oxygen atoms in total. The van der Waals surface area contributed by atoms with Crippen LogP contribution in [0.1, 0.15) is 40.9 Å². The van der Waals surface area contributed by atoms with E-state index < -0.39 is 0 Å². The average Bonchev–Trinajstić information content (AvgIpc) is 3.21. The van der Waals surface area contributed by atoms with Crippen molar-refractivity contribution in [1.82, 2.24) is 10.2 Å². The van der Waals surface area contributed by atoms with Crippen molar-refractivity contribution < 1.29 is 4.79 Å². The summed E-state index contributed by atoms with van der Waals surface area (Å²) in [5, 5.41) is 3.15. The summed E-state index contributed by atoms with van der Waals surface area (Å²) in [4.78, 5) is 17.9. The van der Waals surface area contributed by atoms with Gasteiger partial charge in [0.1, 0.15) is 0 Å². The van der Waals surface area contributed by atoms with Gasteiger partial charge in [-0.05, 0) is 62.7 Å². The summed E-state index contributed by atoms with van der Waals surface area (Å²) in [6, 6.07) is 15.5. The normalized spacial score (nSPS) is 22.9. The van der Waals surface area contributed by atoms with Crippen LogP contribution in [0.5, 0.6) is 0 Å². The third-order valence-electron chi connectivity index (χ3n) is 6.01. The number of nitrogens with zero attached hydrogens (tertiary/aromatic N) is 2. The van der Waals surface area contributed by atoms with Gasteiger partial charge in [-0.1, -0.05) is 34.1 Å². The molecule has 0 aliphatic carbocycles. The van der Waals surface area contributed by atoms with Crippen LogP contribution in [0, 0.1) is 6.92 Å². The SMILES string of the molecule is Cc1ccc(N2C[C@H]3C[C@@H]2CN3C)cc1C(=O)N[C@H](C)c1cccc(Br)c1. The van der Waals surface area contributed by atoms with Gasteiger partial charge in [-0.15, -0.1) is 0 Å². The van der Waals surface area contributed by atoms with Gasteiger partial charge in [-0.25, -0.2) is 0 Å². The molecule has 2 fully saturated rings. The number of carbonyl (C=O) groups excluding carboxylic acids is 1. The molecule has 2 saturated heterocycles. The Hall–Kier alpha value is -1.85. The van der Waals surface area contributed by atoms with Crippen molar-refractivity contribution in [1.29, 1.82) is 0 Å². The number of halogens is 1. The fraction of sp³-hybridized carbons (Fsp3) is 0.409. The van der Waals surface area contributed by atoms with Crippen molar-refractivity contribution in [2.75, 3.05) is 25.0 Å². The molecular weight excluding hydrogens is 402 g/mol. The maximum atomic E-state index is 13.0. The molecule has 142 valence electrons. The lowest BCUT2D eigenvalue weighted by atomic mass is 10.0. The van der Waals surface area contributed by atoms with E-state index in [1.807, 2.05) is 38.1 Å². The Bertz CT molecular complexity index is 866. The summed E-state index contributed by atoms with van der Waals surface area (Å²) < 4.78 is 1.02. The minimum Gasteiger partial charge on any atom is -0.366 e. The molecule has 0 saturated carbocycles. The van der Waals surface area contributed by atoms with E-state index in [4.69, 9.17) is 0 Å². The van der Waals surface area contributed by atoms with Gasteiger partial charge in [0, 0.05) is 40.9 Å². The highest BCUT2D eigenvalue weighted by Gasteiger charge is 2.41. The summed E-state index contributed by atoms with van der Waals surface area (Å²) in [6.45, 7) is 6.19. The number of hydrogen-bond donors (Lipinski definition) is 1. The first-order valence-corrected chi connectivity index (χ1v) is 10.4. The van der Waals surface area contributed by atoms with Crippen LogP contribution in [0.2, 0.25) is 0 Å². The number of likely N-dealkylation sites (N-methyl/N-ethyl adjacent to an activating group) is 1. The average molecular weight is 428 g/mol. The van der Waals surface area contributed by atoms with Crippen LogP contribution in [0.15, 0.2) is 46.9 Å². The molecule has 3 atom stereocenters. The molecule has 2 aromatic rings. The van der Waals surface area contributed by atoms with Gasteiger partial charge in [0.25, 0.3) is 5.91 Å². The number of nitrogens with one attached hydrogen (secondary N) is 1. The van der Waals surface area contributed by atoms with Gasteiger partial charge < -0.3 is 10.2 Å². The summed E-state index contributed by atoms with van der Waals surface area (Å²) in [5.41, 5.74) is 4.04. The highest BCUT2D eigenvalue weighted by molar-refractivity contribution is 9.10. The van der Waals surface area contributed by atoms with E-state index in [9.17, 15) is 4.79 Å². The van der Waals surface area contributed by atoms with Crippen molar-refractivity contribution in [3.8, 4) is 0 Å². The number of amides is 1. The number of anilines is 1. The lowest BCUT2D eigenvalue weighted by Crippen LogP contribution is -2.44. The fourth-order valence-corrected chi connectivity index (χ4v) is 4.77. The summed E-state index contributed by atoms with van der Waals surface area (Å²) in [5.74, 6) is -0.0108. The standard InChI is InChI=1S/C22H26BrN3O/c1-14-7-8-18(26-13-19-10-20(26)12-25(19)3)11-21(14)22(27)24-15(2)16-5-4-6-17(23)9-16/h4-9,11,15,19-20H,10,12-13H2,1-3H3,(H,24,27)/t15-,19-,20-/m1/s1. The smallest absolute Gasteiger partial charge is 0.252 e. The van der Waals surface area contributed by atoms with Crippen molar-refractivity contribution in [2.24, 2.45) is 0 Å². The largest absolute Gasteiger partial charge is 0.366 e.